The molecular weight excluding hydrogens is 326 g/mol. The highest BCUT2D eigenvalue weighted by Gasteiger charge is 2.19. The molecule has 2 aromatic carbocycles. The van der Waals surface area contributed by atoms with E-state index in [2.05, 4.69) is 15.1 Å². The van der Waals surface area contributed by atoms with Gasteiger partial charge in [-0.3, -0.25) is 0 Å². The fraction of sp³-hybridized carbons (Fsp3) is 0.150. The summed E-state index contributed by atoms with van der Waals surface area (Å²) in [6.45, 7) is 1.91. The highest BCUT2D eigenvalue weighted by molar-refractivity contribution is 5.83. The van der Waals surface area contributed by atoms with E-state index in [-0.39, 0.29) is 6.04 Å². The molecule has 0 saturated carbocycles. The molecular formula is C20H19N5O. The van der Waals surface area contributed by atoms with Crippen molar-refractivity contribution in [3.8, 4) is 11.3 Å². The van der Waals surface area contributed by atoms with Crippen LogP contribution in [-0.4, -0.2) is 15.1 Å². The molecule has 0 bridgehead atoms. The van der Waals surface area contributed by atoms with Crippen LogP contribution >= 0.6 is 0 Å². The monoisotopic (exact) mass is 345 g/mol. The minimum atomic E-state index is -0.435. The zero-order valence-electron chi connectivity index (χ0n) is 14.3. The second kappa shape index (κ2) is 6.67. The maximum absolute atomic E-state index is 6.37. The van der Waals surface area contributed by atoms with Gasteiger partial charge in [-0.25, -0.2) is 9.97 Å². The zero-order chi connectivity index (χ0) is 18.1. The van der Waals surface area contributed by atoms with Crippen LogP contribution in [0.25, 0.3) is 22.2 Å². The molecule has 0 amide bonds. The molecule has 6 nitrogen and oxygen atoms in total. The van der Waals surface area contributed by atoms with E-state index >= 15 is 0 Å². The summed E-state index contributed by atoms with van der Waals surface area (Å²) in [5.41, 5.74) is 17.6. The Balaban J connectivity index is 1.67. The van der Waals surface area contributed by atoms with Crippen molar-refractivity contribution < 1.29 is 4.52 Å². The molecule has 6 heteroatoms. The number of aryl methyl sites for hydroxylation is 1. The summed E-state index contributed by atoms with van der Waals surface area (Å²) in [7, 11) is 0. The molecule has 2 aromatic heterocycles. The molecule has 4 rings (SSSR count). The Bertz CT molecular complexity index is 1040. The maximum Gasteiger partial charge on any atom is 0.167 e. The van der Waals surface area contributed by atoms with Gasteiger partial charge in [0.1, 0.15) is 6.33 Å². The molecule has 0 fully saturated rings. The summed E-state index contributed by atoms with van der Waals surface area (Å²) in [6, 6.07) is 16.8. The Morgan fingerprint density at radius 3 is 2.54 bits per heavy atom. The topological polar surface area (TPSA) is 104 Å². The highest BCUT2D eigenvalue weighted by Crippen LogP contribution is 2.28. The maximum atomic E-state index is 6.37. The van der Waals surface area contributed by atoms with Crippen LogP contribution in [0.2, 0.25) is 0 Å². The van der Waals surface area contributed by atoms with Gasteiger partial charge in [0, 0.05) is 10.9 Å². The van der Waals surface area contributed by atoms with Gasteiger partial charge in [-0.05, 0) is 30.7 Å². The van der Waals surface area contributed by atoms with Crippen LogP contribution < -0.4 is 11.5 Å². The van der Waals surface area contributed by atoms with Crippen molar-refractivity contribution in [2.75, 3.05) is 0 Å². The van der Waals surface area contributed by atoms with Gasteiger partial charge >= 0.3 is 0 Å². The summed E-state index contributed by atoms with van der Waals surface area (Å²) >= 11 is 0. The van der Waals surface area contributed by atoms with E-state index in [4.69, 9.17) is 16.0 Å². The summed E-state index contributed by atoms with van der Waals surface area (Å²) in [5.74, 6) is 0. The second-order valence-corrected chi connectivity index (χ2v) is 6.27. The molecule has 2 unspecified atom stereocenters. The zero-order valence-corrected chi connectivity index (χ0v) is 14.3. The second-order valence-electron chi connectivity index (χ2n) is 6.27. The number of hydrogen-bond acceptors (Lipinski definition) is 6. The molecule has 0 aliphatic heterocycles. The first-order valence-electron chi connectivity index (χ1n) is 8.38. The van der Waals surface area contributed by atoms with E-state index in [1.807, 2.05) is 61.5 Å². The first-order valence-corrected chi connectivity index (χ1v) is 8.38. The summed E-state index contributed by atoms with van der Waals surface area (Å²) in [4.78, 5) is 8.69. The van der Waals surface area contributed by atoms with E-state index in [1.165, 1.54) is 6.33 Å². The third-order valence-electron chi connectivity index (χ3n) is 4.55. The van der Waals surface area contributed by atoms with Crippen LogP contribution in [0.1, 0.15) is 29.0 Å². The molecule has 26 heavy (non-hydrogen) atoms. The average molecular weight is 345 g/mol. The third-order valence-corrected chi connectivity index (χ3v) is 4.55. The van der Waals surface area contributed by atoms with E-state index in [9.17, 15) is 0 Å². The fourth-order valence-corrected chi connectivity index (χ4v) is 3.00. The van der Waals surface area contributed by atoms with Crippen LogP contribution in [0.3, 0.4) is 0 Å². The quantitative estimate of drug-likeness (QED) is 0.588. The third kappa shape index (κ3) is 2.96. The minimum absolute atomic E-state index is 0.349. The van der Waals surface area contributed by atoms with Crippen molar-refractivity contribution in [1.29, 1.82) is 0 Å². The largest absolute Gasteiger partial charge is 0.356 e. The molecule has 0 spiro atoms. The van der Waals surface area contributed by atoms with Gasteiger partial charge in [0.05, 0.1) is 29.2 Å². The smallest absolute Gasteiger partial charge is 0.167 e. The molecule has 130 valence electrons. The van der Waals surface area contributed by atoms with Gasteiger partial charge in [-0.2, -0.15) is 0 Å². The van der Waals surface area contributed by atoms with Gasteiger partial charge in [-0.15, -0.1) is 0 Å². The molecule has 2 heterocycles. The van der Waals surface area contributed by atoms with Gasteiger partial charge in [0.25, 0.3) is 0 Å². The van der Waals surface area contributed by atoms with Gasteiger partial charge < -0.3 is 16.0 Å². The Morgan fingerprint density at radius 2 is 1.73 bits per heavy atom. The van der Waals surface area contributed by atoms with Gasteiger partial charge in [-0.1, -0.05) is 41.6 Å². The molecule has 2 atom stereocenters. The average Bonchev–Trinajstić information content (AvgIpc) is 3.08. The van der Waals surface area contributed by atoms with E-state index in [1.54, 1.807) is 0 Å². The Labute approximate surface area is 150 Å². The van der Waals surface area contributed by atoms with Crippen molar-refractivity contribution >= 4 is 11.0 Å². The number of hydrogen-bond donors (Lipinski definition) is 2. The normalized spacial score (nSPS) is 13.7. The van der Waals surface area contributed by atoms with Crippen LogP contribution in [-0.2, 0) is 0 Å². The first kappa shape index (κ1) is 16.4. The van der Waals surface area contributed by atoms with Crippen molar-refractivity contribution in [3.05, 3.63) is 77.9 Å². The number of benzene rings is 2. The SMILES string of the molecule is Cc1noc2cc(-c3cc(C(N)C(N)c4ccccc4)ncn3)ccc12. The van der Waals surface area contributed by atoms with Gasteiger partial charge in [0.15, 0.2) is 5.58 Å². The van der Waals surface area contributed by atoms with Crippen LogP contribution in [0, 0.1) is 6.92 Å². The lowest BCUT2D eigenvalue weighted by Gasteiger charge is -2.20. The predicted molar refractivity (Wildman–Crippen MR) is 100 cm³/mol. The van der Waals surface area contributed by atoms with E-state index in [0.29, 0.717) is 5.69 Å². The van der Waals surface area contributed by atoms with Crippen molar-refractivity contribution in [2.24, 2.45) is 11.5 Å². The standard InChI is InChI=1S/C20H19N5O/c1-12-15-8-7-14(9-18(15)26-25-12)16-10-17(24-11-23-16)20(22)19(21)13-5-3-2-4-6-13/h2-11,19-20H,21-22H2,1H3. The predicted octanol–water partition coefficient (Wildman–Crippen LogP) is 3.29. The molecule has 0 radical (unpaired) electrons. The molecule has 4 N–H and O–H groups in total. The highest BCUT2D eigenvalue weighted by atomic mass is 16.5. The summed E-state index contributed by atoms with van der Waals surface area (Å²) < 4.78 is 5.35. The van der Waals surface area contributed by atoms with Gasteiger partial charge in [0.2, 0.25) is 0 Å². The van der Waals surface area contributed by atoms with E-state index < -0.39 is 6.04 Å². The Morgan fingerprint density at radius 1 is 0.923 bits per heavy atom. The minimum Gasteiger partial charge on any atom is -0.356 e. The van der Waals surface area contributed by atoms with Crippen molar-refractivity contribution in [1.82, 2.24) is 15.1 Å². The summed E-state index contributed by atoms with van der Waals surface area (Å²) in [6.07, 6.45) is 1.51. The molecule has 4 aromatic rings. The lowest BCUT2D eigenvalue weighted by molar-refractivity contribution is 0.450. The first-order chi connectivity index (χ1) is 12.6. The number of aromatic nitrogens is 3. The van der Waals surface area contributed by atoms with Crippen LogP contribution in [0.4, 0.5) is 0 Å². The molecule has 0 aliphatic rings. The Hall–Kier alpha value is -3.09. The van der Waals surface area contributed by atoms with Crippen LogP contribution in [0.15, 0.2) is 65.4 Å². The lowest BCUT2D eigenvalue weighted by Crippen LogP contribution is -2.27. The van der Waals surface area contributed by atoms with Crippen molar-refractivity contribution in [3.63, 3.8) is 0 Å². The number of rotatable bonds is 4. The Kier molecular flexibility index (Phi) is 4.20. The van der Waals surface area contributed by atoms with Crippen molar-refractivity contribution in [2.45, 2.75) is 19.0 Å². The van der Waals surface area contributed by atoms with E-state index in [0.717, 1.165) is 33.5 Å². The number of nitrogens with two attached hydrogens (primary N) is 2. The number of nitrogens with zero attached hydrogens (tertiary/aromatic N) is 3. The molecule has 0 saturated heterocycles. The molecule has 0 aliphatic carbocycles. The lowest BCUT2D eigenvalue weighted by atomic mass is 9.97. The summed E-state index contributed by atoms with van der Waals surface area (Å²) in [5, 5.41) is 4.98. The fourth-order valence-electron chi connectivity index (χ4n) is 3.00. The number of fused-ring (bicyclic) bond motifs is 1. The van der Waals surface area contributed by atoms with Crippen LogP contribution in [0.5, 0.6) is 0 Å².